The Labute approximate surface area is 154 Å². The molecule has 0 aromatic rings. The van der Waals surface area contributed by atoms with Gasteiger partial charge < -0.3 is 10.6 Å². The van der Waals surface area contributed by atoms with Gasteiger partial charge in [-0.2, -0.15) is 16.8 Å². The van der Waals surface area contributed by atoms with Gasteiger partial charge in [0.2, 0.25) is 11.8 Å². The van der Waals surface area contributed by atoms with Crippen LogP contribution in [-0.2, 0) is 39.5 Å². The van der Waals surface area contributed by atoms with Crippen LogP contribution in [0.3, 0.4) is 0 Å². The van der Waals surface area contributed by atoms with Gasteiger partial charge in [-0.15, -0.1) is 5.06 Å². The average molecular weight is 429 g/mol. The molecule has 2 unspecified atom stereocenters. The third-order valence-electron chi connectivity index (χ3n) is 3.58. The molecular formula is C12H19N3O10S2. The number of unbranched alkanes of at least 4 members (excludes halogenated alkanes) is 3. The number of nitrogens with zero attached hydrogens (tertiary/aromatic N) is 1. The quantitative estimate of drug-likeness (QED) is 0.104. The van der Waals surface area contributed by atoms with Crippen LogP contribution in [0.25, 0.3) is 0 Å². The zero-order valence-corrected chi connectivity index (χ0v) is 15.5. The Bertz CT molecular complexity index is 785. The van der Waals surface area contributed by atoms with Gasteiger partial charge in [0, 0.05) is 12.8 Å². The maximum atomic E-state index is 12.0. The van der Waals surface area contributed by atoms with E-state index in [0.29, 0.717) is 25.7 Å². The van der Waals surface area contributed by atoms with Crippen molar-refractivity contribution in [3.05, 3.63) is 0 Å². The fourth-order valence-corrected chi connectivity index (χ4v) is 4.75. The van der Waals surface area contributed by atoms with Crippen LogP contribution in [0.5, 0.6) is 0 Å². The maximum absolute atomic E-state index is 12.0. The standard InChI is InChI=1S/C12H19N3O10S2/c13-7(16)5-3-1-2-4-6-8(14)25-15-11(17)9(26(19,20)21)10(12(15)18)27(22,23)24/h9-10,14H,1-6H2,(H2,13,16)(H,19,20,21)(H,22,23,24). The van der Waals surface area contributed by atoms with Crippen molar-refractivity contribution >= 4 is 43.9 Å². The number of hydrogen-bond donors (Lipinski definition) is 4. The van der Waals surface area contributed by atoms with Gasteiger partial charge in [-0.05, 0) is 12.8 Å². The van der Waals surface area contributed by atoms with Crippen molar-refractivity contribution in [1.29, 1.82) is 5.41 Å². The Morgan fingerprint density at radius 1 is 0.963 bits per heavy atom. The van der Waals surface area contributed by atoms with Gasteiger partial charge in [0.15, 0.2) is 10.5 Å². The molecule has 0 saturated carbocycles. The molecule has 0 radical (unpaired) electrons. The van der Waals surface area contributed by atoms with E-state index in [1.807, 2.05) is 0 Å². The van der Waals surface area contributed by atoms with Crippen molar-refractivity contribution < 1.29 is 45.2 Å². The Balaban J connectivity index is 2.72. The van der Waals surface area contributed by atoms with E-state index in [2.05, 4.69) is 4.84 Å². The van der Waals surface area contributed by atoms with Crippen LogP contribution in [0.4, 0.5) is 0 Å². The molecule has 1 saturated heterocycles. The molecular weight excluding hydrogens is 410 g/mol. The van der Waals surface area contributed by atoms with Crippen molar-refractivity contribution in [3.63, 3.8) is 0 Å². The Kier molecular flexibility index (Phi) is 7.41. The number of hydroxylamine groups is 2. The highest BCUT2D eigenvalue weighted by Crippen LogP contribution is 2.26. The summed E-state index contributed by atoms with van der Waals surface area (Å²) in [5.74, 6) is -4.57. The molecule has 2 atom stereocenters. The van der Waals surface area contributed by atoms with Gasteiger partial charge in [0.1, 0.15) is 0 Å². The Morgan fingerprint density at radius 2 is 1.37 bits per heavy atom. The zero-order valence-electron chi connectivity index (χ0n) is 13.9. The number of carbonyl (C=O) groups is 3. The van der Waals surface area contributed by atoms with E-state index in [0.717, 1.165) is 0 Å². The summed E-state index contributed by atoms with van der Waals surface area (Å²) >= 11 is 0. The lowest BCUT2D eigenvalue weighted by Crippen LogP contribution is -2.41. The summed E-state index contributed by atoms with van der Waals surface area (Å²) in [6.07, 6.45) is 2.20. The van der Waals surface area contributed by atoms with Crippen LogP contribution in [0.2, 0.25) is 0 Å². The highest BCUT2D eigenvalue weighted by Gasteiger charge is 2.61. The van der Waals surface area contributed by atoms with Gasteiger partial charge in [0.25, 0.3) is 32.1 Å². The molecule has 0 aliphatic carbocycles. The third-order valence-corrected chi connectivity index (χ3v) is 5.99. The van der Waals surface area contributed by atoms with E-state index >= 15 is 0 Å². The van der Waals surface area contributed by atoms with Crippen molar-refractivity contribution in [2.75, 3.05) is 0 Å². The first-order valence-corrected chi connectivity index (χ1v) is 10.6. The molecule has 1 aliphatic rings. The van der Waals surface area contributed by atoms with Gasteiger partial charge in [-0.1, -0.05) is 12.8 Å². The van der Waals surface area contributed by atoms with Gasteiger partial charge >= 0.3 is 0 Å². The van der Waals surface area contributed by atoms with Crippen molar-refractivity contribution in [1.82, 2.24) is 5.06 Å². The molecule has 5 N–H and O–H groups in total. The second kappa shape index (κ2) is 8.73. The van der Waals surface area contributed by atoms with Crippen LogP contribution < -0.4 is 5.73 Å². The highest BCUT2D eigenvalue weighted by molar-refractivity contribution is 7.91. The highest BCUT2D eigenvalue weighted by atomic mass is 32.2. The topological polar surface area (TPSA) is 222 Å². The Hall–Kier alpha value is -2.10. The number of nitrogens with one attached hydrogen (secondary N) is 1. The summed E-state index contributed by atoms with van der Waals surface area (Å²) in [5.41, 5.74) is 4.97. The summed E-state index contributed by atoms with van der Waals surface area (Å²) in [7, 11) is -10.7. The number of amides is 3. The summed E-state index contributed by atoms with van der Waals surface area (Å²) in [6, 6.07) is 0. The van der Waals surface area contributed by atoms with Gasteiger partial charge in [-0.25, -0.2) is 0 Å². The zero-order chi connectivity index (χ0) is 21.0. The minimum Gasteiger partial charge on any atom is -0.370 e. The normalized spacial score (nSPS) is 20.7. The van der Waals surface area contributed by atoms with Gasteiger partial charge in [-0.3, -0.25) is 28.9 Å². The first-order valence-electron chi connectivity index (χ1n) is 7.61. The monoisotopic (exact) mass is 429 g/mol. The predicted octanol–water partition coefficient (Wildman–Crippen LogP) is -1.40. The van der Waals surface area contributed by atoms with E-state index in [9.17, 15) is 31.2 Å². The minimum atomic E-state index is -5.36. The molecule has 3 amide bonds. The number of carbonyl (C=O) groups excluding carboxylic acids is 3. The molecule has 1 fully saturated rings. The van der Waals surface area contributed by atoms with Gasteiger partial charge in [0.05, 0.1) is 0 Å². The first kappa shape index (κ1) is 22.9. The lowest BCUT2D eigenvalue weighted by molar-refractivity contribution is -0.167. The van der Waals surface area contributed by atoms with E-state index in [1.54, 1.807) is 0 Å². The molecule has 1 aliphatic heterocycles. The summed E-state index contributed by atoms with van der Waals surface area (Å²) in [4.78, 5) is 39.1. The average Bonchev–Trinajstić information content (AvgIpc) is 2.74. The van der Waals surface area contributed by atoms with E-state index in [4.69, 9.17) is 20.2 Å². The summed E-state index contributed by atoms with van der Waals surface area (Å²) < 4.78 is 63.0. The van der Waals surface area contributed by atoms with Crippen LogP contribution in [0.1, 0.15) is 38.5 Å². The number of primary amides is 1. The van der Waals surface area contributed by atoms with E-state index in [-0.39, 0.29) is 17.9 Å². The second-order valence-corrected chi connectivity index (χ2v) is 8.81. The Morgan fingerprint density at radius 3 is 1.74 bits per heavy atom. The summed E-state index contributed by atoms with van der Waals surface area (Å²) in [5, 5.41) is 1.71. The lowest BCUT2D eigenvalue weighted by Gasteiger charge is -2.15. The maximum Gasteiger partial charge on any atom is 0.286 e. The molecule has 154 valence electrons. The van der Waals surface area contributed by atoms with E-state index < -0.39 is 54.4 Å². The largest absolute Gasteiger partial charge is 0.370 e. The van der Waals surface area contributed by atoms with Crippen molar-refractivity contribution in [2.45, 2.75) is 49.0 Å². The van der Waals surface area contributed by atoms with Crippen molar-refractivity contribution in [2.24, 2.45) is 5.73 Å². The molecule has 1 heterocycles. The fourth-order valence-electron chi connectivity index (χ4n) is 2.35. The molecule has 0 spiro atoms. The predicted molar refractivity (Wildman–Crippen MR) is 88.2 cm³/mol. The molecule has 0 bridgehead atoms. The van der Waals surface area contributed by atoms with Crippen LogP contribution in [0.15, 0.2) is 0 Å². The fraction of sp³-hybridized carbons (Fsp3) is 0.667. The molecule has 0 aromatic heterocycles. The van der Waals surface area contributed by atoms with Crippen LogP contribution in [-0.4, -0.2) is 65.1 Å². The number of rotatable bonds is 10. The van der Waals surface area contributed by atoms with Crippen molar-refractivity contribution in [3.8, 4) is 0 Å². The number of hydrogen-bond acceptors (Lipinski definition) is 9. The second-order valence-electron chi connectivity index (χ2n) is 5.74. The first-order chi connectivity index (χ1) is 12.3. The smallest absolute Gasteiger partial charge is 0.286 e. The van der Waals surface area contributed by atoms with Crippen LogP contribution >= 0.6 is 0 Å². The summed E-state index contributed by atoms with van der Waals surface area (Å²) in [6.45, 7) is 0. The lowest BCUT2D eigenvalue weighted by atomic mass is 10.1. The molecule has 0 aromatic carbocycles. The molecule has 1 rings (SSSR count). The number of imide groups is 1. The molecule has 13 nitrogen and oxygen atoms in total. The van der Waals surface area contributed by atoms with Crippen LogP contribution in [0, 0.1) is 5.41 Å². The minimum absolute atomic E-state index is 0.0826. The third kappa shape index (κ3) is 6.23. The molecule has 27 heavy (non-hydrogen) atoms. The number of nitrogens with two attached hydrogens (primary N) is 1. The SMILES string of the molecule is N=C(CCCCCCC(N)=O)ON1C(=O)C(S(=O)(=O)O)C(S(=O)(=O)O)C1=O. The van der Waals surface area contributed by atoms with E-state index in [1.165, 1.54) is 0 Å². The molecule has 15 heteroatoms.